The van der Waals surface area contributed by atoms with Crippen LogP contribution in [0.3, 0.4) is 0 Å². The van der Waals surface area contributed by atoms with Crippen molar-refractivity contribution in [1.82, 2.24) is 20.5 Å². The number of carbonyl (C=O) groups is 2. The number of hydrogen-bond donors (Lipinski definition) is 2. The lowest BCUT2D eigenvalue weighted by atomic mass is 9.81. The van der Waals surface area contributed by atoms with Crippen molar-refractivity contribution >= 4 is 23.2 Å². The molecule has 2 amide bonds. The van der Waals surface area contributed by atoms with Gasteiger partial charge in [-0.1, -0.05) is 30.3 Å². The van der Waals surface area contributed by atoms with Gasteiger partial charge in [-0.2, -0.15) is 0 Å². The van der Waals surface area contributed by atoms with Gasteiger partial charge in [0.15, 0.2) is 0 Å². The van der Waals surface area contributed by atoms with E-state index in [9.17, 15) is 9.59 Å². The van der Waals surface area contributed by atoms with Crippen LogP contribution in [-0.4, -0.2) is 53.4 Å². The molecule has 6 nitrogen and oxygen atoms in total. The normalized spacial score (nSPS) is 24.1. The van der Waals surface area contributed by atoms with Gasteiger partial charge < -0.3 is 15.5 Å². The summed E-state index contributed by atoms with van der Waals surface area (Å²) in [6.45, 7) is 6.39. The monoisotopic (exact) mass is 398 g/mol. The summed E-state index contributed by atoms with van der Waals surface area (Å²) in [5.41, 5.74) is 1.68. The SMILES string of the molecule is CC(=O)N[C@@]12CCNC[C@@H]1CN(C(=O)c1sc(Cc3ccccc3)nc1C)C2. The Morgan fingerprint density at radius 2 is 2.14 bits per heavy atom. The van der Waals surface area contributed by atoms with E-state index in [2.05, 4.69) is 27.8 Å². The quantitative estimate of drug-likeness (QED) is 0.826. The summed E-state index contributed by atoms with van der Waals surface area (Å²) in [5, 5.41) is 7.52. The van der Waals surface area contributed by atoms with E-state index < -0.39 is 0 Å². The first-order valence-corrected chi connectivity index (χ1v) is 10.6. The molecule has 4 rings (SSSR count). The molecule has 2 aliphatic rings. The van der Waals surface area contributed by atoms with Crippen LogP contribution >= 0.6 is 11.3 Å². The Labute approximate surface area is 169 Å². The van der Waals surface area contributed by atoms with Gasteiger partial charge in [0.25, 0.3) is 5.91 Å². The van der Waals surface area contributed by atoms with Gasteiger partial charge in [-0.15, -0.1) is 11.3 Å². The predicted octanol–water partition coefficient (Wildman–Crippen LogP) is 1.98. The fourth-order valence-electron chi connectivity index (χ4n) is 4.46. The van der Waals surface area contributed by atoms with Crippen LogP contribution in [0.25, 0.3) is 0 Å². The summed E-state index contributed by atoms with van der Waals surface area (Å²) in [5.74, 6) is 0.250. The summed E-state index contributed by atoms with van der Waals surface area (Å²) < 4.78 is 0. The van der Waals surface area contributed by atoms with Gasteiger partial charge in [-0.05, 0) is 25.5 Å². The standard InChI is InChI=1S/C21H26N4O2S/c1-14-19(28-18(23-14)10-16-6-4-3-5-7-16)20(27)25-12-17-11-22-9-8-21(17,13-25)24-15(2)26/h3-7,17,22H,8-13H2,1-2H3,(H,24,26)/t17-,21-/m1/s1. The molecule has 0 saturated carbocycles. The van der Waals surface area contributed by atoms with Crippen molar-refractivity contribution in [2.24, 2.45) is 5.92 Å². The number of nitrogens with one attached hydrogen (secondary N) is 2. The van der Waals surface area contributed by atoms with E-state index in [1.165, 1.54) is 16.9 Å². The first-order valence-electron chi connectivity index (χ1n) is 9.76. The first-order chi connectivity index (χ1) is 13.5. The molecule has 1 aromatic carbocycles. The maximum atomic E-state index is 13.3. The Bertz CT molecular complexity index is 882. The minimum absolute atomic E-state index is 0.0275. The molecule has 0 unspecified atom stereocenters. The number of piperidine rings is 1. The summed E-state index contributed by atoms with van der Waals surface area (Å²) in [4.78, 5) is 32.3. The molecule has 2 aromatic rings. The van der Waals surface area contributed by atoms with E-state index in [-0.39, 0.29) is 23.3 Å². The van der Waals surface area contributed by atoms with Crippen molar-refractivity contribution < 1.29 is 9.59 Å². The fraction of sp³-hybridized carbons (Fsp3) is 0.476. The van der Waals surface area contributed by atoms with E-state index in [0.29, 0.717) is 13.1 Å². The summed E-state index contributed by atoms with van der Waals surface area (Å²) in [6, 6.07) is 10.2. The molecule has 2 N–H and O–H groups in total. The molecule has 28 heavy (non-hydrogen) atoms. The maximum absolute atomic E-state index is 13.3. The van der Waals surface area contributed by atoms with Gasteiger partial charge >= 0.3 is 0 Å². The van der Waals surface area contributed by atoms with E-state index in [0.717, 1.165) is 41.5 Å². The Morgan fingerprint density at radius 1 is 1.36 bits per heavy atom. The molecule has 2 saturated heterocycles. The second-order valence-electron chi connectivity index (χ2n) is 7.86. The van der Waals surface area contributed by atoms with Crippen molar-refractivity contribution in [3.05, 3.63) is 51.5 Å². The number of aromatic nitrogens is 1. The highest BCUT2D eigenvalue weighted by molar-refractivity contribution is 7.13. The van der Waals surface area contributed by atoms with Crippen molar-refractivity contribution in [3.63, 3.8) is 0 Å². The zero-order valence-corrected chi connectivity index (χ0v) is 17.1. The number of benzene rings is 1. The third-order valence-electron chi connectivity index (χ3n) is 5.78. The third-order valence-corrected chi connectivity index (χ3v) is 6.92. The average molecular weight is 399 g/mol. The lowest BCUT2D eigenvalue weighted by Gasteiger charge is -2.39. The number of rotatable bonds is 4. The van der Waals surface area contributed by atoms with Gasteiger partial charge in [0.05, 0.1) is 16.2 Å². The summed E-state index contributed by atoms with van der Waals surface area (Å²) in [7, 11) is 0. The van der Waals surface area contributed by atoms with Crippen molar-refractivity contribution in [1.29, 1.82) is 0 Å². The van der Waals surface area contributed by atoms with Gasteiger partial charge in [0, 0.05) is 38.9 Å². The van der Waals surface area contributed by atoms with E-state index in [1.807, 2.05) is 30.0 Å². The Morgan fingerprint density at radius 3 is 2.89 bits per heavy atom. The first kappa shape index (κ1) is 19.1. The second-order valence-corrected chi connectivity index (χ2v) is 8.94. The Balaban J connectivity index is 1.52. The van der Waals surface area contributed by atoms with Crippen LogP contribution in [0.5, 0.6) is 0 Å². The van der Waals surface area contributed by atoms with Crippen LogP contribution in [0.4, 0.5) is 0 Å². The molecule has 3 heterocycles. The summed E-state index contributed by atoms with van der Waals surface area (Å²) in [6.07, 6.45) is 1.59. The number of nitrogens with zero attached hydrogens (tertiary/aromatic N) is 2. The molecule has 0 bridgehead atoms. The zero-order chi connectivity index (χ0) is 19.7. The second kappa shape index (κ2) is 7.64. The maximum Gasteiger partial charge on any atom is 0.265 e. The van der Waals surface area contributed by atoms with Gasteiger partial charge in [0.2, 0.25) is 5.91 Å². The van der Waals surface area contributed by atoms with Crippen LogP contribution < -0.4 is 10.6 Å². The number of aryl methyl sites for hydroxylation is 1. The molecule has 2 fully saturated rings. The van der Waals surface area contributed by atoms with Gasteiger partial charge in [-0.3, -0.25) is 9.59 Å². The highest BCUT2D eigenvalue weighted by Gasteiger charge is 2.50. The molecule has 1 aromatic heterocycles. The van der Waals surface area contributed by atoms with E-state index >= 15 is 0 Å². The highest BCUT2D eigenvalue weighted by atomic mass is 32.1. The Hall–Kier alpha value is -2.25. The van der Waals surface area contributed by atoms with Gasteiger partial charge in [-0.25, -0.2) is 4.98 Å². The van der Waals surface area contributed by atoms with E-state index in [4.69, 9.17) is 0 Å². The van der Waals surface area contributed by atoms with Crippen LogP contribution in [-0.2, 0) is 11.2 Å². The molecular formula is C21H26N4O2S. The van der Waals surface area contributed by atoms with Crippen molar-refractivity contribution in [3.8, 4) is 0 Å². The number of carbonyl (C=O) groups excluding carboxylic acids is 2. The average Bonchev–Trinajstić information content (AvgIpc) is 3.21. The van der Waals surface area contributed by atoms with E-state index in [1.54, 1.807) is 6.92 Å². The molecule has 7 heteroatoms. The van der Waals surface area contributed by atoms with Crippen LogP contribution in [0, 0.1) is 12.8 Å². The third kappa shape index (κ3) is 3.69. The van der Waals surface area contributed by atoms with Crippen molar-refractivity contribution in [2.45, 2.75) is 32.2 Å². The minimum atomic E-state index is -0.307. The molecule has 2 aliphatic heterocycles. The molecule has 2 atom stereocenters. The van der Waals surface area contributed by atoms with Crippen LogP contribution in [0.2, 0.25) is 0 Å². The number of fused-ring (bicyclic) bond motifs is 1. The molecule has 0 radical (unpaired) electrons. The largest absolute Gasteiger partial charge is 0.349 e. The highest BCUT2D eigenvalue weighted by Crippen LogP contribution is 2.34. The molecule has 0 aliphatic carbocycles. The fourth-order valence-corrected chi connectivity index (χ4v) is 5.52. The summed E-state index contributed by atoms with van der Waals surface area (Å²) >= 11 is 1.49. The number of amides is 2. The van der Waals surface area contributed by atoms with Gasteiger partial charge in [0.1, 0.15) is 4.88 Å². The molecule has 0 spiro atoms. The predicted molar refractivity (Wildman–Crippen MR) is 110 cm³/mol. The van der Waals surface area contributed by atoms with Crippen LogP contribution in [0.1, 0.15) is 39.3 Å². The minimum Gasteiger partial charge on any atom is -0.349 e. The lowest BCUT2D eigenvalue weighted by molar-refractivity contribution is -0.121. The number of thiazole rings is 1. The topological polar surface area (TPSA) is 74.3 Å². The lowest BCUT2D eigenvalue weighted by Crippen LogP contribution is -2.60. The van der Waals surface area contributed by atoms with Crippen LogP contribution in [0.15, 0.2) is 30.3 Å². The zero-order valence-electron chi connectivity index (χ0n) is 16.3. The van der Waals surface area contributed by atoms with Crippen molar-refractivity contribution in [2.75, 3.05) is 26.2 Å². The molecule has 148 valence electrons. The Kier molecular flexibility index (Phi) is 5.21. The number of hydrogen-bond acceptors (Lipinski definition) is 5. The smallest absolute Gasteiger partial charge is 0.265 e. The number of likely N-dealkylation sites (tertiary alicyclic amines) is 1. The molecular weight excluding hydrogens is 372 g/mol.